The van der Waals surface area contributed by atoms with Crippen LogP contribution in [0.5, 0.6) is 0 Å². The summed E-state index contributed by atoms with van der Waals surface area (Å²) in [5.41, 5.74) is 0. The molecule has 3 rings (SSSR count). The Kier molecular flexibility index (Phi) is 4.65. The van der Waals surface area contributed by atoms with Crippen LogP contribution in [0.2, 0.25) is 0 Å². The summed E-state index contributed by atoms with van der Waals surface area (Å²) in [7, 11) is -2.25. The molecule has 2 aliphatic heterocycles. The highest BCUT2D eigenvalue weighted by atomic mass is 32.2. The molecule has 2 bridgehead atoms. The fraction of sp³-hybridized carbons (Fsp3) is 0.600. The zero-order chi connectivity index (χ0) is 16.4. The van der Waals surface area contributed by atoms with Crippen LogP contribution in [0.1, 0.15) is 19.3 Å². The summed E-state index contributed by atoms with van der Waals surface area (Å²) in [6.07, 6.45) is 6.00. The maximum absolute atomic E-state index is 12.5. The van der Waals surface area contributed by atoms with E-state index in [1.807, 2.05) is 0 Å². The zero-order valence-corrected chi connectivity index (χ0v) is 14.0. The average molecular weight is 338 g/mol. The largest absolute Gasteiger partial charge is 0.340 e. The molecule has 2 fully saturated rings. The van der Waals surface area contributed by atoms with Crippen molar-refractivity contribution in [3.05, 3.63) is 24.5 Å². The molecule has 1 N–H and O–H groups in total. The first-order valence-corrected chi connectivity index (χ1v) is 9.31. The Morgan fingerprint density at radius 2 is 2.17 bits per heavy atom. The number of likely N-dealkylation sites (N-methyl/N-ethyl adjacent to an activating group) is 1. The van der Waals surface area contributed by atoms with Gasteiger partial charge in [-0.15, -0.1) is 0 Å². The van der Waals surface area contributed by atoms with Crippen molar-refractivity contribution in [2.24, 2.45) is 0 Å². The molecule has 1 aromatic rings. The molecule has 23 heavy (non-hydrogen) atoms. The van der Waals surface area contributed by atoms with Crippen molar-refractivity contribution in [3.63, 3.8) is 0 Å². The van der Waals surface area contributed by atoms with Crippen LogP contribution in [0, 0.1) is 0 Å². The monoisotopic (exact) mass is 338 g/mol. The second-order valence-electron chi connectivity index (χ2n) is 6.22. The van der Waals surface area contributed by atoms with Crippen molar-refractivity contribution in [1.82, 2.24) is 19.5 Å². The Hall–Kier alpha value is -1.51. The number of rotatable bonds is 4. The molecule has 126 valence electrons. The molecular formula is C15H22N4O3S. The summed E-state index contributed by atoms with van der Waals surface area (Å²) in [6.45, 7) is 1.21. The van der Waals surface area contributed by atoms with Gasteiger partial charge in [-0.1, -0.05) is 0 Å². The van der Waals surface area contributed by atoms with Gasteiger partial charge in [-0.25, -0.2) is 8.42 Å². The van der Waals surface area contributed by atoms with Gasteiger partial charge in [-0.2, -0.15) is 4.31 Å². The maximum Gasteiger partial charge on any atom is 0.244 e. The number of pyridine rings is 1. The summed E-state index contributed by atoms with van der Waals surface area (Å²) in [5.74, 6) is -0.144. The van der Waals surface area contributed by atoms with Gasteiger partial charge in [0.1, 0.15) is 4.90 Å². The number of nitrogens with one attached hydrogen (secondary N) is 1. The Morgan fingerprint density at radius 1 is 1.39 bits per heavy atom. The molecule has 0 saturated carbocycles. The maximum atomic E-state index is 12.5. The van der Waals surface area contributed by atoms with Crippen molar-refractivity contribution >= 4 is 15.9 Å². The van der Waals surface area contributed by atoms with Gasteiger partial charge >= 0.3 is 0 Å². The van der Waals surface area contributed by atoms with Crippen molar-refractivity contribution in [2.45, 2.75) is 36.2 Å². The van der Waals surface area contributed by atoms with Crippen molar-refractivity contribution < 1.29 is 13.2 Å². The van der Waals surface area contributed by atoms with Crippen LogP contribution < -0.4 is 5.32 Å². The third-order valence-electron chi connectivity index (χ3n) is 4.58. The fourth-order valence-corrected chi connectivity index (χ4v) is 4.31. The van der Waals surface area contributed by atoms with Crippen molar-refractivity contribution in [3.8, 4) is 0 Å². The van der Waals surface area contributed by atoms with E-state index in [1.54, 1.807) is 11.0 Å². The van der Waals surface area contributed by atoms with Gasteiger partial charge in [0.25, 0.3) is 0 Å². The molecule has 0 radical (unpaired) electrons. The van der Waals surface area contributed by atoms with E-state index in [2.05, 4.69) is 10.3 Å². The Labute approximate surface area is 136 Å². The number of aromatic nitrogens is 1. The topological polar surface area (TPSA) is 82.6 Å². The van der Waals surface area contributed by atoms with E-state index in [4.69, 9.17) is 0 Å². The number of nitrogens with zero attached hydrogens (tertiary/aromatic N) is 3. The molecular weight excluding hydrogens is 316 g/mol. The third kappa shape index (κ3) is 3.54. The fourth-order valence-electron chi connectivity index (χ4n) is 3.22. The second kappa shape index (κ2) is 6.54. The van der Waals surface area contributed by atoms with Gasteiger partial charge in [0.15, 0.2) is 0 Å². The van der Waals surface area contributed by atoms with Crippen LogP contribution in [-0.4, -0.2) is 67.3 Å². The minimum Gasteiger partial charge on any atom is -0.340 e. The number of amides is 1. The molecule has 0 aliphatic carbocycles. The smallest absolute Gasteiger partial charge is 0.244 e. The van der Waals surface area contributed by atoms with Crippen LogP contribution in [0.25, 0.3) is 0 Å². The third-order valence-corrected chi connectivity index (χ3v) is 6.36. The van der Waals surface area contributed by atoms with E-state index in [-0.39, 0.29) is 17.3 Å². The SMILES string of the molecule is CN(CC(=O)N1CCC2CCC(C1)N2)S(=O)(=O)c1cccnc1. The minimum absolute atomic E-state index is 0.104. The average Bonchev–Trinajstić information content (AvgIpc) is 2.87. The molecule has 7 nitrogen and oxygen atoms in total. The Balaban J connectivity index is 1.65. The number of sulfonamides is 1. The molecule has 2 atom stereocenters. The van der Waals surface area contributed by atoms with Crippen LogP contribution in [-0.2, 0) is 14.8 Å². The summed E-state index contributed by atoms with van der Waals surface area (Å²) in [4.78, 5) is 18.2. The van der Waals surface area contributed by atoms with E-state index in [1.165, 1.54) is 31.9 Å². The summed E-state index contributed by atoms with van der Waals surface area (Å²) < 4.78 is 26.0. The van der Waals surface area contributed by atoms with Crippen LogP contribution >= 0.6 is 0 Å². The number of hydrogen-bond acceptors (Lipinski definition) is 5. The van der Waals surface area contributed by atoms with E-state index < -0.39 is 10.0 Å². The quantitative estimate of drug-likeness (QED) is 0.839. The van der Waals surface area contributed by atoms with Crippen LogP contribution in [0.15, 0.2) is 29.4 Å². The highest BCUT2D eigenvalue weighted by Gasteiger charge is 2.32. The van der Waals surface area contributed by atoms with E-state index >= 15 is 0 Å². The number of hydrogen-bond donors (Lipinski definition) is 1. The standard InChI is InChI=1S/C15H22N4O3S/c1-18(23(21,22)14-3-2-7-16-9-14)11-15(20)19-8-6-12-4-5-13(10-19)17-12/h2-3,7,9,12-13,17H,4-6,8,10-11H2,1H3. The van der Waals surface area contributed by atoms with Gasteiger partial charge < -0.3 is 10.2 Å². The van der Waals surface area contributed by atoms with E-state index in [0.717, 1.165) is 17.1 Å². The van der Waals surface area contributed by atoms with Gasteiger partial charge in [-0.3, -0.25) is 9.78 Å². The first kappa shape index (κ1) is 16.4. The zero-order valence-electron chi connectivity index (χ0n) is 13.2. The summed E-state index contributed by atoms with van der Waals surface area (Å²) in [6, 6.07) is 3.89. The lowest BCUT2D eigenvalue weighted by Crippen LogP contribution is -2.44. The van der Waals surface area contributed by atoms with Crippen molar-refractivity contribution in [2.75, 3.05) is 26.7 Å². The number of carbonyl (C=O) groups excluding carboxylic acids is 1. The highest BCUT2D eigenvalue weighted by molar-refractivity contribution is 7.89. The number of carbonyl (C=O) groups is 1. The van der Waals surface area contributed by atoms with Gasteiger partial charge in [0.05, 0.1) is 6.54 Å². The molecule has 8 heteroatoms. The molecule has 0 aromatic carbocycles. The second-order valence-corrected chi connectivity index (χ2v) is 8.26. The summed E-state index contributed by atoms with van der Waals surface area (Å²) in [5, 5.41) is 3.51. The first-order chi connectivity index (χ1) is 11.0. The molecule has 3 heterocycles. The lowest BCUT2D eigenvalue weighted by Gasteiger charge is -2.26. The Bertz CT molecular complexity index is 665. The molecule has 1 amide bonds. The lowest BCUT2D eigenvalue weighted by molar-refractivity contribution is -0.131. The van der Waals surface area contributed by atoms with Gasteiger partial charge in [0, 0.05) is 44.6 Å². The normalized spacial score (nSPS) is 24.7. The number of likely N-dealkylation sites (tertiary alicyclic amines) is 1. The molecule has 2 aliphatic rings. The molecule has 2 saturated heterocycles. The molecule has 1 aromatic heterocycles. The van der Waals surface area contributed by atoms with E-state index in [0.29, 0.717) is 25.2 Å². The lowest BCUT2D eigenvalue weighted by atomic mass is 10.1. The first-order valence-electron chi connectivity index (χ1n) is 7.87. The predicted octanol–water partition coefficient (Wildman–Crippen LogP) is 0.0550. The van der Waals surface area contributed by atoms with Crippen LogP contribution in [0.3, 0.4) is 0 Å². The predicted molar refractivity (Wildman–Crippen MR) is 85.2 cm³/mol. The highest BCUT2D eigenvalue weighted by Crippen LogP contribution is 2.21. The minimum atomic E-state index is -3.68. The van der Waals surface area contributed by atoms with E-state index in [9.17, 15) is 13.2 Å². The van der Waals surface area contributed by atoms with Gasteiger partial charge in [0.2, 0.25) is 15.9 Å². The number of fused-ring (bicyclic) bond motifs is 2. The summed E-state index contributed by atoms with van der Waals surface area (Å²) >= 11 is 0. The molecule has 2 unspecified atom stereocenters. The van der Waals surface area contributed by atoms with Crippen LogP contribution in [0.4, 0.5) is 0 Å². The molecule has 0 spiro atoms. The van der Waals surface area contributed by atoms with Crippen molar-refractivity contribution in [1.29, 1.82) is 0 Å². The Morgan fingerprint density at radius 3 is 2.91 bits per heavy atom. The van der Waals surface area contributed by atoms with Gasteiger partial charge in [-0.05, 0) is 31.4 Å².